The van der Waals surface area contributed by atoms with Gasteiger partial charge in [-0.1, -0.05) is 22.9 Å². The van der Waals surface area contributed by atoms with Crippen molar-refractivity contribution in [3.63, 3.8) is 0 Å². The molecule has 0 radical (unpaired) electrons. The van der Waals surface area contributed by atoms with Crippen molar-refractivity contribution < 1.29 is 13.2 Å². The molecule has 0 fully saturated rings. The number of sulfonamides is 1. The molecular formula is C12H7BrClN3O3S3. The minimum absolute atomic E-state index is 0.0326. The van der Waals surface area contributed by atoms with E-state index in [4.69, 9.17) is 11.6 Å². The van der Waals surface area contributed by atoms with Gasteiger partial charge < -0.3 is 0 Å². The van der Waals surface area contributed by atoms with Crippen LogP contribution in [0.2, 0.25) is 5.02 Å². The van der Waals surface area contributed by atoms with Gasteiger partial charge in [0, 0.05) is 9.72 Å². The summed E-state index contributed by atoms with van der Waals surface area (Å²) in [4.78, 5) is 15.7. The van der Waals surface area contributed by atoms with Crippen molar-refractivity contribution in [3.05, 3.63) is 39.3 Å². The van der Waals surface area contributed by atoms with Crippen molar-refractivity contribution in [2.24, 2.45) is 0 Å². The molecule has 2 aromatic heterocycles. The summed E-state index contributed by atoms with van der Waals surface area (Å²) in [6.45, 7) is 0. The van der Waals surface area contributed by atoms with Crippen LogP contribution in [-0.4, -0.2) is 19.4 Å². The maximum atomic E-state index is 12.3. The van der Waals surface area contributed by atoms with Gasteiger partial charge in [0.2, 0.25) is 0 Å². The number of nitrogens with zero attached hydrogens (tertiary/aromatic N) is 1. The Morgan fingerprint density at radius 1 is 1.26 bits per heavy atom. The standard InChI is InChI=1S/C12H7BrClN3O3S3/c13-9-5-15-12(22-9)16-11(18)17-23(19,20)10-4-6-3-7(14)1-2-8(6)21-10/h1-5H,(H2,15,16,17,18). The molecule has 3 rings (SSSR count). The van der Waals surface area contributed by atoms with Crippen LogP contribution in [0.15, 0.2) is 38.5 Å². The minimum Gasteiger partial charge on any atom is -0.283 e. The van der Waals surface area contributed by atoms with Crippen molar-refractivity contribution in [2.75, 3.05) is 5.32 Å². The number of aromatic nitrogens is 1. The molecule has 6 nitrogen and oxygen atoms in total. The van der Waals surface area contributed by atoms with E-state index in [1.165, 1.54) is 23.6 Å². The molecule has 2 amide bonds. The maximum Gasteiger partial charge on any atom is 0.334 e. The zero-order chi connectivity index (χ0) is 16.6. The summed E-state index contributed by atoms with van der Waals surface area (Å²) < 4.78 is 28.0. The Kier molecular flexibility index (Phi) is 4.61. The first kappa shape index (κ1) is 16.7. The largest absolute Gasteiger partial charge is 0.334 e. The number of carbonyl (C=O) groups is 1. The van der Waals surface area contributed by atoms with Crippen molar-refractivity contribution in [1.29, 1.82) is 0 Å². The van der Waals surface area contributed by atoms with Crippen LogP contribution >= 0.6 is 50.2 Å². The molecule has 0 saturated heterocycles. The van der Waals surface area contributed by atoms with E-state index in [0.29, 0.717) is 10.4 Å². The molecule has 2 N–H and O–H groups in total. The highest BCUT2D eigenvalue weighted by molar-refractivity contribution is 9.11. The summed E-state index contributed by atoms with van der Waals surface area (Å²) in [6.07, 6.45) is 1.50. The number of nitrogens with one attached hydrogen (secondary N) is 2. The van der Waals surface area contributed by atoms with Gasteiger partial charge in [0.15, 0.2) is 5.13 Å². The quantitative estimate of drug-likeness (QED) is 0.620. The highest BCUT2D eigenvalue weighted by Crippen LogP contribution is 2.31. The molecule has 0 spiro atoms. The van der Waals surface area contributed by atoms with E-state index in [1.807, 2.05) is 4.72 Å². The molecule has 0 unspecified atom stereocenters. The van der Waals surface area contributed by atoms with Crippen LogP contribution in [0.3, 0.4) is 0 Å². The van der Waals surface area contributed by atoms with E-state index in [-0.39, 0.29) is 9.34 Å². The highest BCUT2D eigenvalue weighted by Gasteiger charge is 2.21. The smallest absolute Gasteiger partial charge is 0.283 e. The number of amides is 2. The number of halogens is 2. The molecule has 0 aliphatic carbocycles. The van der Waals surface area contributed by atoms with E-state index in [9.17, 15) is 13.2 Å². The lowest BCUT2D eigenvalue weighted by molar-refractivity contribution is 0.256. The molecule has 0 atom stereocenters. The maximum absolute atomic E-state index is 12.3. The van der Waals surface area contributed by atoms with E-state index in [1.54, 1.807) is 18.2 Å². The monoisotopic (exact) mass is 451 g/mol. The number of hydrogen-bond donors (Lipinski definition) is 2. The molecule has 23 heavy (non-hydrogen) atoms. The van der Waals surface area contributed by atoms with Crippen LogP contribution in [0, 0.1) is 0 Å². The molecule has 0 aliphatic heterocycles. The van der Waals surface area contributed by atoms with Crippen LogP contribution in [0.5, 0.6) is 0 Å². The summed E-state index contributed by atoms with van der Waals surface area (Å²) in [5, 5.41) is 3.86. The third-order valence-corrected chi connectivity index (χ3v) is 7.19. The average Bonchev–Trinajstić information content (AvgIpc) is 3.04. The molecule has 120 valence electrons. The van der Waals surface area contributed by atoms with Gasteiger partial charge in [0.05, 0.1) is 9.98 Å². The zero-order valence-electron chi connectivity index (χ0n) is 11.0. The Morgan fingerprint density at radius 3 is 2.74 bits per heavy atom. The zero-order valence-corrected chi connectivity index (χ0v) is 15.8. The average molecular weight is 453 g/mol. The topological polar surface area (TPSA) is 88.2 Å². The van der Waals surface area contributed by atoms with Crippen LogP contribution < -0.4 is 10.0 Å². The lowest BCUT2D eigenvalue weighted by Gasteiger charge is -2.04. The number of urea groups is 1. The second-order valence-corrected chi connectivity index (χ2v) is 10.1. The predicted molar refractivity (Wildman–Crippen MR) is 96.0 cm³/mol. The Hall–Kier alpha value is -1.20. The fourth-order valence-corrected chi connectivity index (χ4v) is 5.30. The van der Waals surface area contributed by atoms with Gasteiger partial charge in [-0.15, -0.1) is 11.3 Å². The third kappa shape index (κ3) is 3.83. The van der Waals surface area contributed by atoms with Crippen LogP contribution in [0.25, 0.3) is 10.1 Å². The fraction of sp³-hybridized carbons (Fsp3) is 0. The molecule has 0 saturated carbocycles. The van der Waals surface area contributed by atoms with Crippen LogP contribution in [0.4, 0.5) is 9.93 Å². The number of carbonyl (C=O) groups excluding carboxylic acids is 1. The summed E-state index contributed by atoms with van der Waals surface area (Å²) >= 11 is 11.3. The third-order valence-electron chi connectivity index (χ3n) is 2.65. The van der Waals surface area contributed by atoms with E-state index in [0.717, 1.165) is 19.8 Å². The normalized spacial score (nSPS) is 11.6. The van der Waals surface area contributed by atoms with Crippen LogP contribution in [-0.2, 0) is 10.0 Å². The molecular weight excluding hydrogens is 446 g/mol. The van der Waals surface area contributed by atoms with E-state index in [2.05, 4.69) is 26.2 Å². The van der Waals surface area contributed by atoms with Gasteiger partial charge in [-0.2, -0.15) is 0 Å². The molecule has 11 heteroatoms. The number of anilines is 1. The van der Waals surface area contributed by atoms with Crippen molar-refractivity contribution in [1.82, 2.24) is 9.71 Å². The number of hydrogen-bond acceptors (Lipinski definition) is 6. The number of benzene rings is 1. The Bertz CT molecular complexity index is 999. The van der Waals surface area contributed by atoms with Gasteiger partial charge in [-0.05, 0) is 45.6 Å². The lowest BCUT2D eigenvalue weighted by Crippen LogP contribution is -2.33. The first-order chi connectivity index (χ1) is 10.8. The highest BCUT2D eigenvalue weighted by atomic mass is 79.9. The number of thiophene rings is 1. The lowest BCUT2D eigenvalue weighted by atomic mass is 10.3. The minimum atomic E-state index is -3.97. The molecule has 1 aromatic carbocycles. The van der Waals surface area contributed by atoms with Crippen LogP contribution in [0.1, 0.15) is 0 Å². The summed E-state index contributed by atoms with van der Waals surface area (Å²) in [5.74, 6) is 0. The summed E-state index contributed by atoms with van der Waals surface area (Å²) in [7, 11) is -3.97. The number of thiazole rings is 1. The van der Waals surface area contributed by atoms with Gasteiger partial charge in [0.1, 0.15) is 4.21 Å². The summed E-state index contributed by atoms with van der Waals surface area (Å²) in [6, 6.07) is 5.68. The second kappa shape index (κ2) is 6.36. The Balaban J connectivity index is 1.80. The second-order valence-electron chi connectivity index (χ2n) is 4.28. The number of fused-ring (bicyclic) bond motifs is 1. The molecule has 3 aromatic rings. The Morgan fingerprint density at radius 2 is 2.04 bits per heavy atom. The first-order valence-corrected chi connectivity index (χ1v) is 10.3. The molecule has 0 bridgehead atoms. The van der Waals surface area contributed by atoms with E-state index >= 15 is 0 Å². The SMILES string of the molecule is O=C(Nc1ncc(Br)s1)NS(=O)(=O)c1cc2cc(Cl)ccc2s1. The predicted octanol–water partition coefficient (Wildman–Crippen LogP) is 4.28. The molecule has 0 aliphatic rings. The number of rotatable bonds is 3. The van der Waals surface area contributed by atoms with Crippen molar-refractivity contribution in [2.45, 2.75) is 4.21 Å². The van der Waals surface area contributed by atoms with Gasteiger partial charge in [-0.3, -0.25) is 5.32 Å². The van der Waals surface area contributed by atoms with Crippen molar-refractivity contribution in [3.8, 4) is 0 Å². The first-order valence-electron chi connectivity index (χ1n) is 5.98. The Labute approximate surface area is 152 Å². The fourth-order valence-electron chi connectivity index (χ4n) is 1.73. The van der Waals surface area contributed by atoms with Gasteiger partial charge in [0.25, 0.3) is 10.0 Å². The summed E-state index contributed by atoms with van der Waals surface area (Å²) in [5.41, 5.74) is 0. The van der Waals surface area contributed by atoms with Crippen molar-refractivity contribution >= 4 is 81.5 Å². The van der Waals surface area contributed by atoms with E-state index < -0.39 is 16.1 Å². The van der Waals surface area contributed by atoms with Gasteiger partial charge >= 0.3 is 6.03 Å². The molecule has 2 heterocycles. The van der Waals surface area contributed by atoms with Gasteiger partial charge in [-0.25, -0.2) is 22.9 Å².